The number of phenolic OH excluding ortho intramolecular Hbond substituents is 1. The Hall–Kier alpha value is -2.45. The van der Waals surface area contributed by atoms with Gasteiger partial charge in [0.1, 0.15) is 11.9 Å². The van der Waals surface area contributed by atoms with Crippen LogP contribution in [0, 0.1) is 23.7 Å². The zero-order valence-corrected chi connectivity index (χ0v) is 23.9. The SMILES string of the molecule is COc1cc([C@H]2CSSC[C@@H](C3=CCN=C3)[C@@H](C[C@H]3C=CC=C[C@H]3C)[C@@H](OC(C)=O)CC(=O)C2)ccc1O. The molecule has 8 heteroatoms. The smallest absolute Gasteiger partial charge is 0.302 e. The lowest BCUT2D eigenvalue weighted by molar-refractivity contribution is -0.151. The molecule has 0 unspecified atom stereocenters. The fourth-order valence-electron chi connectivity index (χ4n) is 5.58. The molecule has 1 fully saturated rings. The summed E-state index contributed by atoms with van der Waals surface area (Å²) in [5, 5.41) is 10.1. The minimum Gasteiger partial charge on any atom is -0.504 e. The Morgan fingerprint density at radius 3 is 2.66 bits per heavy atom. The van der Waals surface area contributed by atoms with Gasteiger partial charge in [-0.25, -0.2) is 0 Å². The average molecular weight is 556 g/mol. The summed E-state index contributed by atoms with van der Waals surface area (Å²) in [4.78, 5) is 30.4. The lowest BCUT2D eigenvalue weighted by Gasteiger charge is -2.36. The van der Waals surface area contributed by atoms with Crippen molar-refractivity contribution < 1.29 is 24.2 Å². The van der Waals surface area contributed by atoms with Crippen LogP contribution in [0.1, 0.15) is 44.6 Å². The second-order valence-electron chi connectivity index (χ2n) is 10.3. The summed E-state index contributed by atoms with van der Waals surface area (Å²) in [7, 11) is 5.10. The van der Waals surface area contributed by atoms with Crippen LogP contribution >= 0.6 is 21.6 Å². The Labute approximate surface area is 233 Å². The Kier molecular flexibility index (Phi) is 10.2. The van der Waals surface area contributed by atoms with Crippen molar-refractivity contribution in [3.8, 4) is 11.5 Å². The van der Waals surface area contributed by atoms with Crippen LogP contribution in [0.3, 0.4) is 0 Å². The molecule has 2 aliphatic heterocycles. The maximum atomic E-state index is 13.6. The zero-order chi connectivity index (χ0) is 27.1. The standard InChI is InChI=1S/C30H37NO5S2/c1-19-6-4-5-7-21(19)13-26-27(23-10-11-31-16-23)18-38-37-17-24(12-25(33)15-29(26)36-20(2)32)22-8-9-28(34)30(14-22)35-3/h4-10,14,16,19,21,24,26-27,29,34H,11-13,15,17-18H2,1-3H3/t19-,21-,24-,26-,27+,29+/m1/s1. The summed E-state index contributed by atoms with van der Waals surface area (Å²) in [6.45, 7) is 4.31. The van der Waals surface area contributed by atoms with Crippen molar-refractivity contribution in [2.45, 2.75) is 45.1 Å². The van der Waals surface area contributed by atoms with Crippen molar-refractivity contribution in [2.75, 3.05) is 25.2 Å². The summed E-state index contributed by atoms with van der Waals surface area (Å²) in [5.74, 6) is 2.52. The van der Waals surface area contributed by atoms with Gasteiger partial charge in [0.15, 0.2) is 11.5 Å². The minimum atomic E-state index is -0.509. The highest BCUT2D eigenvalue weighted by Gasteiger charge is 2.38. The third-order valence-electron chi connectivity index (χ3n) is 7.69. The summed E-state index contributed by atoms with van der Waals surface area (Å²) in [5.41, 5.74) is 2.13. The number of esters is 1. The molecule has 1 aromatic carbocycles. The van der Waals surface area contributed by atoms with Crippen LogP contribution in [0.2, 0.25) is 0 Å². The van der Waals surface area contributed by atoms with Crippen molar-refractivity contribution in [1.29, 1.82) is 0 Å². The van der Waals surface area contributed by atoms with Crippen LogP contribution in [0.4, 0.5) is 0 Å². The first-order valence-corrected chi connectivity index (χ1v) is 15.7. The molecule has 1 aromatic rings. The van der Waals surface area contributed by atoms with Crippen molar-refractivity contribution in [3.63, 3.8) is 0 Å². The lowest BCUT2D eigenvalue weighted by atomic mass is 9.73. The van der Waals surface area contributed by atoms with Crippen molar-refractivity contribution in [1.82, 2.24) is 0 Å². The quantitative estimate of drug-likeness (QED) is 0.332. The van der Waals surface area contributed by atoms with Crippen LogP contribution in [0.25, 0.3) is 0 Å². The van der Waals surface area contributed by atoms with E-state index < -0.39 is 6.10 Å². The van der Waals surface area contributed by atoms with E-state index in [1.807, 2.05) is 18.3 Å². The van der Waals surface area contributed by atoms with E-state index >= 15 is 0 Å². The summed E-state index contributed by atoms with van der Waals surface area (Å²) in [6.07, 6.45) is 13.6. The number of carbonyl (C=O) groups excluding carboxylic acids is 2. The molecular weight excluding hydrogens is 518 g/mol. The number of hydrogen-bond donors (Lipinski definition) is 1. The average Bonchev–Trinajstić information content (AvgIpc) is 3.41. The number of aromatic hydroxyl groups is 1. The maximum absolute atomic E-state index is 13.6. The third-order valence-corrected chi connectivity index (χ3v) is 10.2. The number of nitrogens with zero attached hydrogens (tertiary/aromatic N) is 1. The predicted octanol–water partition coefficient (Wildman–Crippen LogP) is 6.17. The van der Waals surface area contributed by atoms with Gasteiger partial charge in [-0.2, -0.15) is 0 Å². The molecule has 1 aliphatic carbocycles. The molecule has 204 valence electrons. The Balaban J connectivity index is 1.66. The van der Waals surface area contributed by atoms with E-state index in [-0.39, 0.29) is 41.7 Å². The van der Waals surface area contributed by atoms with E-state index in [0.717, 1.165) is 23.5 Å². The highest BCUT2D eigenvalue weighted by Crippen LogP contribution is 2.43. The van der Waals surface area contributed by atoms with Crippen LogP contribution < -0.4 is 4.74 Å². The normalized spacial score (nSPS) is 30.0. The van der Waals surface area contributed by atoms with Gasteiger partial charge < -0.3 is 14.6 Å². The highest BCUT2D eigenvalue weighted by atomic mass is 33.1. The number of benzene rings is 1. The van der Waals surface area contributed by atoms with E-state index in [0.29, 0.717) is 30.6 Å². The van der Waals surface area contributed by atoms with Crippen LogP contribution in [0.15, 0.2) is 59.1 Å². The number of aliphatic imine (C=N–C) groups is 1. The number of allylic oxidation sites excluding steroid dienone is 5. The van der Waals surface area contributed by atoms with Gasteiger partial charge >= 0.3 is 5.97 Å². The summed E-state index contributed by atoms with van der Waals surface area (Å²) >= 11 is 0. The van der Waals surface area contributed by atoms with Crippen molar-refractivity contribution in [3.05, 3.63) is 59.7 Å². The second kappa shape index (κ2) is 13.6. The summed E-state index contributed by atoms with van der Waals surface area (Å²) < 4.78 is 11.3. The predicted molar refractivity (Wildman–Crippen MR) is 156 cm³/mol. The van der Waals surface area contributed by atoms with Gasteiger partial charge in [0.25, 0.3) is 0 Å². The molecule has 0 spiro atoms. The van der Waals surface area contributed by atoms with Crippen LogP contribution in [-0.2, 0) is 14.3 Å². The molecule has 0 amide bonds. The molecule has 0 saturated carbocycles. The van der Waals surface area contributed by atoms with Gasteiger partial charge in [0, 0.05) is 55.2 Å². The van der Waals surface area contributed by atoms with Crippen molar-refractivity contribution >= 4 is 39.6 Å². The first kappa shape index (κ1) is 28.6. The number of rotatable bonds is 6. The Morgan fingerprint density at radius 2 is 1.95 bits per heavy atom. The number of carbonyl (C=O) groups is 2. The van der Waals surface area contributed by atoms with Gasteiger partial charge in [-0.15, -0.1) is 0 Å². The molecular formula is C30H37NO5S2. The fourth-order valence-corrected chi connectivity index (χ4v) is 8.34. The van der Waals surface area contributed by atoms with Gasteiger partial charge in [-0.1, -0.05) is 65.0 Å². The van der Waals surface area contributed by atoms with Gasteiger partial charge in [0.2, 0.25) is 0 Å². The number of methoxy groups -OCH3 is 1. The molecule has 1 saturated heterocycles. The van der Waals surface area contributed by atoms with Gasteiger partial charge in [-0.3, -0.25) is 14.6 Å². The summed E-state index contributed by atoms with van der Waals surface area (Å²) in [6, 6.07) is 5.30. The molecule has 1 N–H and O–H groups in total. The molecule has 6 nitrogen and oxygen atoms in total. The molecule has 0 radical (unpaired) electrons. The number of phenols is 1. The molecule has 0 aromatic heterocycles. The minimum absolute atomic E-state index is 0.0133. The van der Waals surface area contributed by atoms with E-state index in [4.69, 9.17) is 9.47 Å². The molecule has 0 bridgehead atoms. The zero-order valence-electron chi connectivity index (χ0n) is 22.2. The lowest BCUT2D eigenvalue weighted by Crippen LogP contribution is -2.37. The third kappa shape index (κ3) is 7.35. The molecule has 4 rings (SSSR count). The van der Waals surface area contributed by atoms with E-state index in [1.165, 1.54) is 19.6 Å². The van der Waals surface area contributed by atoms with Crippen molar-refractivity contribution in [2.24, 2.45) is 28.7 Å². The fraction of sp³-hybridized carbons (Fsp3) is 0.500. The molecule has 2 heterocycles. The molecule has 3 aliphatic rings. The monoisotopic (exact) mass is 555 g/mol. The number of hydrogen-bond acceptors (Lipinski definition) is 8. The number of ether oxygens (including phenoxy) is 2. The first-order valence-electron chi connectivity index (χ1n) is 13.2. The topological polar surface area (TPSA) is 85.2 Å². The van der Waals surface area contributed by atoms with E-state index in [9.17, 15) is 14.7 Å². The largest absolute Gasteiger partial charge is 0.504 e. The Morgan fingerprint density at radius 1 is 1.16 bits per heavy atom. The van der Waals surface area contributed by atoms with E-state index in [2.05, 4.69) is 42.3 Å². The number of Topliss-reactive ketones (excluding diaryl/α,β-unsaturated/α-hetero) is 1. The van der Waals surface area contributed by atoms with Gasteiger partial charge in [-0.05, 0) is 41.5 Å². The number of ketones is 1. The van der Waals surface area contributed by atoms with E-state index in [1.54, 1.807) is 27.7 Å². The maximum Gasteiger partial charge on any atom is 0.302 e. The van der Waals surface area contributed by atoms with Crippen LogP contribution in [-0.4, -0.2) is 54.3 Å². The van der Waals surface area contributed by atoms with Crippen LogP contribution in [0.5, 0.6) is 11.5 Å². The Bertz CT molecular complexity index is 1130. The molecule has 38 heavy (non-hydrogen) atoms. The highest BCUT2D eigenvalue weighted by molar-refractivity contribution is 8.76. The van der Waals surface area contributed by atoms with Gasteiger partial charge in [0.05, 0.1) is 13.7 Å². The first-order chi connectivity index (χ1) is 18.4. The molecule has 6 atom stereocenters. The second-order valence-corrected chi connectivity index (χ2v) is 12.8.